The molecule has 0 atom stereocenters. The van der Waals surface area contributed by atoms with E-state index in [4.69, 9.17) is 4.99 Å². The zero-order valence-corrected chi connectivity index (χ0v) is 15.0. The van der Waals surface area contributed by atoms with Crippen LogP contribution in [0.4, 0.5) is 5.69 Å². The largest absolute Gasteiger partial charge is 0.253 e. The Kier molecular flexibility index (Phi) is 6.08. The Morgan fingerprint density at radius 1 is 1.00 bits per heavy atom. The highest BCUT2D eigenvalue weighted by Gasteiger charge is 2.02. The standard InChI is InChI=1S/C23H25N/c1-6-8-9-20(7-2)22-14-12-21(13-15-22)19(5)24-23-16-17(3)10-11-18(23)4/h6-16H,2H2,1,3-5H3/b8-6-,20-9+,24-19?. The van der Waals surface area contributed by atoms with Gasteiger partial charge in [-0.1, -0.05) is 67.3 Å². The minimum atomic E-state index is 1.02. The molecule has 0 aliphatic rings. The van der Waals surface area contributed by atoms with Crippen LogP contribution in [0.5, 0.6) is 0 Å². The minimum Gasteiger partial charge on any atom is -0.253 e. The summed E-state index contributed by atoms with van der Waals surface area (Å²) >= 11 is 0. The van der Waals surface area contributed by atoms with Gasteiger partial charge in [0.15, 0.2) is 0 Å². The summed E-state index contributed by atoms with van der Waals surface area (Å²) in [7, 11) is 0. The molecule has 0 aliphatic heterocycles. The molecule has 0 heterocycles. The van der Waals surface area contributed by atoms with Crippen LogP contribution in [0.3, 0.4) is 0 Å². The predicted octanol–water partition coefficient (Wildman–Crippen LogP) is 6.59. The van der Waals surface area contributed by atoms with Gasteiger partial charge in [-0.3, -0.25) is 4.99 Å². The second-order valence-corrected chi connectivity index (χ2v) is 5.92. The number of rotatable bonds is 5. The lowest BCUT2D eigenvalue weighted by molar-refractivity contribution is 1.34. The first-order valence-corrected chi connectivity index (χ1v) is 8.24. The third-order valence-corrected chi connectivity index (χ3v) is 3.98. The number of aliphatic imine (C=N–C) groups is 1. The average molecular weight is 315 g/mol. The van der Waals surface area contributed by atoms with Crippen molar-refractivity contribution < 1.29 is 0 Å². The summed E-state index contributed by atoms with van der Waals surface area (Å²) in [5.74, 6) is 0. The number of allylic oxidation sites excluding steroid dienone is 5. The molecule has 0 N–H and O–H groups in total. The highest BCUT2D eigenvalue weighted by atomic mass is 14.7. The fourth-order valence-corrected chi connectivity index (χ4v) is 2.47. The van der Waals surface area contributed by atoms with Crippen molar-refractivity contribution in [2.24, 2.45) is 4.99 Å². The lowest BCUT2D eigenvalue weighted by atomic mass is 10.0. The number of benzene rings is 2. The molecule has 0 saturated carbocycles. The maximum absolute atomic E-state index is 4.80. The van der Waals surface area contributed by atoms with Gasteiger partial charge in [-0.25, -0.2) is 0 Å². The highest BCUT2D eigenvalue weighted by Crippen LogP contribution is 2.22. The van der Waals surface area contributed by atoms with Gasteiger partial charge in [0.2, 0.25) is 0 Å². The first-order valence-electron chi connectivity index (χ1n) is 8.24. The van der Waals surface area contributed by atoms with Crippen molar-refractivity contribution in [3.05, 3.63) is 95.6 Å². The van der Waals surface area contributed by atoms with Gasteiger partial charge in [0.1, 0.15) is 0 Å². The van der Waals surface area contributed by atoms with Crippen molar-refractivity contribution in [3.8, 4) is 0 Å². The van der Waals surface area contributed by atoms with E-state index in [0.717, 1.165) is 28.1 Å². The molecule has 0 amide bonds. The molecule has 0 unspecified atom stereocenters. The summed E-state index contributed by atoms with van der Waals surface area (Å²) < 4.78 is 0. The predicted molar refractivity (Wildman–Crippen MR) is 107 cm³/mol. The van der Waals surface area contributed by atoms with Crippen molar-refractivity contribution in [2.75, 3.05) is 0 Å². The molecule has 0 bridgehead atoms. The van der Waals surface area contributed by atoms with Crippen molar-refractivity contribution in [3.63, 3.8) is 0 Å². The smallest absolute Gasteiger partial charge is 0.0664 e. The summed E-state index contributed by atoms with van der Waals surface area (Å²) in [6, 6.07) is 14.8. The van der Waals surface area contributed by atoms with Crippen LogP contribution in [0.1, 0.15) is 36.1 Å². The fraction of sp³-hybridized carbons (Fsp3) is 0.174. The van der Waals surface area contributed by atoms with Gasteiger partial charge in [0.25, 0.3) is 0 Å². The van der Waals surface area contributed by atoms with Gasteiger partial charge in [0, 0.05) is 5.71 Å². The molecular formula is C23H25N. The van der Waals surface area contributed by atoms with Crippen LogP contribution in [0, 0.1) is 13.8 Å². The van der Waals surface area contributed by atoms with Gasteiger partial charge >= 0.3 is 0 Å². The number of hydrogen-bond donors (Lipinski definition) is 0. The second kappa shape index (κ2) is 8.26. The molecule has 0 aliphatic carbocycles. The van der Waals surface area contributed by atoms with Crippen LogP contribution >= 0.6 is 0 Å². The summed E-state index contributed by atoms with van der Waals surface area (Å²) in [6.07, 6.45) is 7.99. The lowest BCUT2D eigenvalue weighted by Gasteiger charge is -2.07. The zero-order chi connectivity index (χ0) is 17.5. The molecule has 122 valence electrons. The molecule has 1 heteroatoms. The van der Waals surface area contributed by atoms with Crippen LogP contribution in [0.2, 0.25) is 0 Å². The average Bonchev–Trinajstić information content (AvgIpc) is 2.59. The van der Waals surface area contributed by atoms with Crippen LogP contribution in [0.25, 0.3) is 5.57 Å². The fourth-order valence-electron chi connectivity index (χ4n) is 2.47. The Labute approximate surface area is 145 Å². The number of nitrogens with zero attached hydrogens (tertiary/aromatic N) is 1. The molecule has 1 nitrogen and oxygen atoms in total. The van der Waals surface area contributed by atoms with E-state index in [-0.39, 0.29) is 0 Å². The molecular weight excluding hydrogens is 290 g/mol. The zero-order valence-electron chi connectivity index (χ0n) is 15.0. The first kappa shape index (κ1) is 17.7. The third-order valence-electron chi connectivity index (χ3n) is 3.98. The first-order chi connectivity index (χ1) is 11.5. The van der Waals surface area contributed by atoms with Gasteiger partial charge in [-0.05, 0) is 61.6 Å². The van der Waals surface area contributed by atoms with E-state index in [1.54, 1.807) is 0 Å². The van der Waals surface area contributed by atoms with Crippen LogP contribution in [-0.2, 0) is 0 Å². The number of hydrogen-bond acceptors (Lipinski definition) is 1. The molecule has 0 fully saturated rings. The van der Waals surface area contributed by atoms with Gasteiger partial charge in [0.05, 0.1) is 5.69 Å². The van der Waals surface area contributed by atoms with E-state index in [1.165, 1.54) is 11.1 Å². The molecule has 0 aromatic heterocycles. The summed E-state index contributed by atoms with van der Waals surface area (Å²) in [4.78, 5) is 4.80. The topological polar surface area (TPSA) is 12.4 Å². The molecule has 2 rings (SSSR count). The summed E-state index contributed by atoms with van der Waals surface area (Å²) in [5, 5.41) is 0. The molecule has 24 heavy (non-hydrogen) atoms. The van der Waals surface area contributed by atoms with Gasteiger partial charge in [-0.2, -0.15) is 0 Å². The van der Waals surface area contributed by atoms with E-state index in [2.05, 4.69) is 75.9 Å². The third kappa shape index (κ3) is 4.42. The van der Waals surface area contributed by atoms with Gasteiger partial charge in [-0.15, -0.1) is 0 Å². The lowest BCUT2D eigenvalue weighted by Crippen LogP contribution is -1.95. The molecule has 0 saturated heterocycles. The minimum absolute atomic E-state index is 1.02. The molecule has 0 spiro atoms. The van der Waals surface area contributed by atoms with Crippen molar-refractivity contribution in [2.45, 2.75) is 27.7 Å². The van der Waals surface area contributed by atoms with E-state index in [1.807, 2.05) is 25.2 Å². The Hall–Kier alpha value is -2.67. The van der Waals surface area contributed by atoms with Crippen molar-refractivity contribution >= 4 is 17.0 Å². The molecule has 2 aromatic carbocycles. The Balaban J connectivity index is 2.31. The van der Waals surface area contributed by atoms with Crippen LogP contribution in [0.15, 0.2) is 78.3 Å². The quantitative estimate of drug-likeness (QED) is 0.436. The monoisotopic (exact) mass is 315 g/mol. The van der Waals surface area contributed by atoms with Crippen molar-refractivity contribution in [1.29, 1.82) is 0 Å². The summed E-state index contributed by atoms with van der Waals surface area (Å²) in [5.41, 5.74) is 7.89. The summed E-state index contributed by atoms with van der Waals surface area (Å²) in [6.45, 7) is 12.1. The maximum atomic E-state index is 4.80. The normalized spacial score (nSPS) is 12.7. The second-order valence-electron chi connectivity index (χ2n) is 5.92. The van der Waals surface area contributed by atoms with Crippen LogP contribution < -0.4 is 0 Å². The van der Waals surface area contributed by atoms with E-state index < -0.39 is 0 Å². The maximum Gasteiger partial charge on any atom is 0.0664 e. The highest BCUT2D eigenvalue weighted by molar-refractivity contribution is 6.00. The van der Waals surface area contributed by atoms with Crippen molar-refractivity contribution in [1.82, 2.24) is 0 Å². The van der Waals surface area contributed by atoms with E-state index >= 15 is 0 Å². The SMILES string of the molecule is C=C/C(=C\C=C/C)c1ccc(C(C)=Nc2cc(C)ccc2C)cc1. The number of aryl methyl sites for hydroxylation is 2. The Morgan fingerprint density at radius 3 is 2.29 bits per heavy atom. The molecule has 2 aromatic rings. The molecule has 0 radical (unpaired) electrons. The van der Waals surface area contributed by atoms with E-state index in [9.17, 15) is 0 Å². The van der Waals surface area contributed by atoms with E-state index in [0.29, 0.717) is 0 Å². The van der Waals surface area contributed by atoms with Gasteiger partial charge < -0.3 is 0 Å². The Morgan fingerprint density at radius 2 is 1.67 bits per heavy atom. The van der Waals surface area contributed by atoms with Crippen LogP contribution in [-0.4, -0.2) is 5.71 Å². The Bertz CT molecular complexity index is 802.